The summed E-state index contributed by atoms with van der Waals surface area (Å²) < 4.78 is 0. The molecule has 1 atom stereocenters. The molecule has 0 spiro atoms. The summed E-state index contributed by atoms with van der Waals surface area (Å²) in [7, 11) is 0. The Hall–Kier alpha value is -0.830. The number of aliphatic hydroxyl groups is 1. The Bertz CT molecular complexity index is 261. The molecule has 0 saturated carbocycles. The van der Waals surface area contributed by atoms with E-state index in [-0.39, 0.29) is 6.10 Å². The van der Waals surface area contributed by atoms with Crippen LogP contribution in [-0.4, -0.2) is 22.3 Å². The van der Waals surface area contributed by atoms with Gasteiger partial charge in [0, 0.05) is 6.42 Å². The van der Waals surface area contributed by atoms with Crippen LogP contribution in [0.2, 0.25) is 0 Å². The van der Waals surface area contributed by atoms with Crippen molar-refractivity contribution in [2.45, 2.75) is 96.5 Å². The van der Waals surface area contributed by atoms with Gasteiger partial charge in [-0.25, -0.2) is 0 Å². The highest BCUT2D eigenvalue weighted by atomic mass is 16.4. The summed E-state index contributed by atoms with van der Waals surface area (Å²) in [6, 6.07) is 0. The predicted molar refractivity (Wildman–Crippen MR) is 88.5 cm³/mol. The molecule has 1 unspecified atom stereocenters. The molecule has 21 heavy (non-hydrogen) atoms. The van der Waals surface area contributed by atoms with Crippen molar-refractivity contribution in [3.05, 3.63) is 12.2 Å². The Labute approximate surface area is 130 Å². The highest BCUT2D eigenvalue weighted by molar-refractivity contribution is 5.66. The lowest BCUT2D eigenvalue weighted by molar-refractivity contribution is -0.137. The first-order chi connectivity index (χ1) is 10.2. The average molecular weight is 298 g/mol. The number of rotatable bonds is 15. The van der Waals surface area contributed by atoms with Crippen molar-refractivity contribution in [3.63, 3.8) is 0 Å². The number of carboxylic acids is 1. The second-order valence-corrected chi connectivity index (χ2v) is 5.90. The van der Waals surface area contributed by atoms with Gasteiger partial charge in [-0.15, -0.1) is 0 Å². The Morgan fingerprint density at radius 2 is 1.57 bits per heavy atom. The second kappa shape index (κ2) is 15.6. The molecule has 0 bridgehead atoms. The zero-order valence-electron chi connectivity index (χ0n) is 13.7. The van der Waals surface area contributed by atoms with Crippen LogP contribution in [-0.2, 0) is 4.79 Å². The van der Waals surface area contributed by atoms with Crippen LogP contribution < -0.4 is 0 Å². The van der Waals surface area contributed by atoms with E-state index in [0.29, 0.717) is 6.42 Å². The van der Waals surface area contributed by atoms with Crippen LogP contribution in [0.1, 0.15) is 90.4 Å². The molecule has 0 aliphatic heterocycles. The van der Waals surface area contributed by atoms with E-state index in [1.165, 1.54) is 25.7 Å². The van der Waals surface area contributed by atoms with Crippen LogP contribution >= 0.6 is 0 Å². The number of unbranched alkanes of at least 4 members (excludes halogenated alkanes) is 7. The summed E-state index contributed by atoms with van der Waals surface area (Å²) in [5.41, 5.74) is 0. The molecule has 0 heterocycles. The van der Waals surface area contributed by atoms with Crippen LogP contribution in [0, 0.1) is 0 Å². The average Bonchev–Trinajstić information content (AvgIpc) is 2.44. The largest absolute Gasteiger partial charge is 0.481 e. The molecule has 3 nitrogen and oxygen atoms in total. The minimum atomic E-state index is -0.685. The molecule has 0 aromatic rings. The molecule has 0 aliphatic carbocycles. The zero-order valence-corrected chi connectivity index (χ0v) is 13.7. The maximum atomic E-state index is 10.3. The van der Waals surface area contributed by atoms with E-state index in [9.17, 15) is 9.90 Å². The summed E-state index contributed by atoms with van der Waals surface area (Å²) in [5, 5.41) is 18.3. The summed E-state index contributed by atoms with van der Waals surface area (Å²) >= 11 is 0. The number of allylic oxidation sites excluding steroid dienone is 2. The number of hydrogen-bond acceptors (Lipinski definition) is 2. The van der Waals surface area contributed by atoms with E-state index < -0.39 is 5.97 Å². The predicted octanol–water partition coefficient (Wildman–Crippen LogP) is 5.08. The normalized spacial score (nSPS) is 12.9. The highest BCUT2D eigenvalue weighted by Gasteiger charge is 2.01. The smallest absolute Gasteiger partial charge is 0.303 e. The maximum absolute atomic E-state index is 10.3. The van der Waals surface area contributed by atoms with Crippen LogP contribution in [0.25, 0.3) is 0 Å². The topological polar surface area (TPSA) is 57.5 Å². The van der Waals surface area contributed by atoms with Crippen molar-refractivity contribution in [2.75, 3.05) is 0 Å². The molecule has 0 fully saturated rings. The van der Waals surface area contributed by atoms with Crippen molar-refractivity contribution in [3.8, 4) is 0 Å². The van der Waals surface area contributed by atoms with Crippen LogP contribution in [0.3, 0.4) is 0 Å². The molecule has 0 saturated heterocycles. The highest BCUT2D eigenvalue weighted by Crippen LogP contribution is 2.10. The first-order valence-electron chi connectivity index (χ1n) is 8.71. The Kier molecular flexibility index (Phi) is 14.9. The quantitative estimate of drug-likeness (QED) is 0.327. The lowest BCUT2D eigenvalue weighted by atomic mass is 10.1. The molecule has 0 amide bonds. The fourth-order valence-electron chi connectivity index (χ4n) is 2.37. The van der Waals surface area contributed by atoms with Gasteiger partial charge in [-0.05, 0) is 38.5 Å². The number of carboxylic acid groups (broad SMARTS) is 1. The van der Waals surface area contributed by atoms with Gasteiger partial charge in [0.25, 0.3) is 0 Å². The van der Waals surface area contributed by atoms with E-state index in [1.807, 2.05) is 0 Å². The number of aliphatic carboxylic acids is 1. The second-order valence-electron chi connectivity index (χ2n) is 5.90. The van der Waals surface area contributed by atoms with Crippen LogP contribution in [0.5, 0.6) is 0 Å². The molecular formula is C18H34O3. The number of aliphatic hydroxyl groups excluding tert-OH is 1. The fraction of sp³-hybridized carbons (Fsp3) is 0.833. The molecule has 0 aliphatic rings. The Balaban J connectivity index is 3.23. The molecule has 0 radical (unpaired) electrons. The standard InChI is InChI=1S/C18H34O3/c1-2-3-11-14-17(19)15-12-9-7-5-4-6-8-10-13-16-18(20)21/h7,9,17,19H,2-6,8,10-16H2,1H3,(H,20,21)/b9-7+. The summed E-state index contributed by atoms with van der Waals surface area (Å²) in [6.07, 6.45) is 17.4. The number of hydrogen-bond donors (Lipinski definition) is 2. The first kappa shape index (κ1) is 20.2. The van der Waals surface area contributed by atoms with E-state index in [4.69, 9.17) is 5.11 Å². The molecule has 0 aromatic heterocycles. The SMILES string of the molecule is CCCCCC(O)CC/C=C/CCCCCCCC(=O)O. The molecule has 0 rings (SSSR count). The molecule has 2 N–H and O–H groups in total. The molecule has 0 aromatic carbocycles. The van der Waals surface area contributed by atoms with Crippen LogP contribution in [0.15, 0.2) is 12.2 Å². The van der Waals surface area contributed by atoms with E-state index in [0.717, 1.165) is 51.4 Å². The van der Waals surface area contributed by atoms with Gasteiger partial charge in [-0.2, -0.15) is 0 Å². The zero-order chi connectivity index (χ0) is 15.8. The molecule has 124 valence electrons. The lowest BCUT2D eigenvalue weighted by Gasteiger charge is -2.07. The van der Waals surface area contributed by atoms with Crippen molar-refractivity contribution >= 4 is 5.97 Å². The monoisotopic (exact) mass is 298 g/mol. The Morgan fingerprint density at radius 3 is 2.29 bits per heavy atom. The maximum Gasteiger partial charge on any atom is 0.303 e. The minimum Gasteiger partial charge on any atom is -0.481 e. The van der Waals surface area contributed by atoms with Gasteiger partial charge in [0.05, 0.1) is 6.10 Å². The first-order valence-corrected chi connectivity index (χ1v) is 8.71. The van der Waals surface area contributed by atoms with Crippen molar-refractivity contribution in [1.82, 2.24) is 0 Å². The number of carbonyl (C=O) groups is 1. The Morgan fingerprint density at radius 1 is 0.905 bits per heavy atom. The van der Waals surface area contributed by atoms with E-state index in [2.05, 4.69) is 19.1 Å². The van der Waals surface area contributed by atoms with Crippen molar-refractivity contribution in [1.29, 1.82) is 0 Å². The summed E-state index contributed by atoms with van der Waals surface area (Å²) in [6.45, 7) is 2.18. The van der Waals surface area contributed by atoms with Gasteiger partial charge < -0.3 is 10.2 Å². The van der Waals surface area contributed by atoms with E-state index >= 15 is 0 Å². The molecule has 3 heteroatoms. The van der Waals surface area contributed by atoms with E-state index in [1.54, 1.807) is 0 Å². The third-order valence-corrected chi connectivity index (χ3v) is 3.74. The molecular weight excluding hydrogens is 264 g/mol. The lowest BCUT2D eigenvalue weighted by Crippen LogP contribution is -2.05. The minimum absolute atomic E-state index is 0.129. The van der Waals surface area contributed by atoms with Crippen LogP contribution in [0.4, 0.5) is 0 Å². The van der Waals surface area contributed by atoms with Crippen molar-refractivity contribution < 1.29 is 15.0 Å². The summed E-state index contributed by atoms with van der Waals surface area (Å²) in [4.78, 5) is 10.3. The summed E-state index contributed by atoms with van der Waals surface area (Å²) in [5.74, 6) is -0.685. The fourth-order valence-corrected chi connectivity index (χ4v) is 2.37. The van der Waals surface area contributed by atoms with Gasteiger partial charge in [0.15, 0.2) is 0 Å². The van der Waals surface area contributed by atoms with Crippen molar-refractivity contribution in [2.24, 2.45) is 0 Å². The third kappa shape index (κ3) is 17.1. The van der Waals surface area contributed by atoms with Gasteiger partial charge >= 0.3 is 5.97 Å². The van der Waals surface area contributed by atoms with Gasteiger partial charge in [0.1, 0.15) is 0 Å². The van der Waals surface area contributed by atoms with Gasteiger partial charge in [0.2, 0.25) is 0 Å². The third-order valence-electron chi connectivity index (χ3n) is 3.74. The van der Waals surface area contributed by atoms with Gasteiger partial charge in [-0.3, -0.25) is 4.79 Å². The van der Waals surface area contributed by atoms with Gasteiger partial charge in [-0.1, -0.05) is 57.6 Å².